The molecule has 3 heteroatoms. The van der Waals surface area contributed by atoms with E-state index < -0.39 is 6.43 Å². The predicted octanol–water partition coefficient (Wildman–Crippen LogP) is 3.81. The van der Waals surface area contributed by atoms with Crippen LogP contribution in [0.15, 0.2) is 24.3 Å². The van der Waals surface area contributed by atoms with Crippen molar-refractivity contribution in [2.75, 3.05) is 0 Å². The number of hydrogen-bond donors (Lipinski definition) is 1. The van der Waals surface area contributed by atoms with Crippen LogP contribution in [0.1, 0.15) is 49.8 Å². The van der Waals surface area contributed by atoms with Gasteiger partial charge < -0.3 is 5.73 Å². The van der Waals surface area contributed by atoms with Gasteiger partial charge in [0.25, 0.3) is 6.43 Å². The molecule has 0 aromatic heterocycles. The van der Waals surface area contributed by atoms with E-state index in [9.17, 15) is 8.78 Å². The van der Waals surface area contributed by atoms with Gasteiger partial charge in [0.1, 0.15) is 0 Å². The minimum atomic E-state index is -2.40. The van der Waals surface area contributed by atoms with Gasteiger partial charge in [-0.15, -0.1) is 0 Å². The van der Waals surface area contributed by atoms with Crippen LogP contribution in [0, 0.1) is 0 Å². The molecule has 1 unspecified atom stereocenters. The first-order valence-corrected chi connectivity index (χ1v) is 5.28. The Balaban J connectivity index is 2.62. The van der Waals surface area contributed by atoms with Crippen molar-refractivity contribution >= 4 is 0 Å². The van der Waals surface area contributed by atoms with Gasteiger partial charge in [0.2, 0.25) is 0 Å². The molecular weight excluding hydrogens is 196 g/mol. The highest BCUT2D eigenvalue weighted by Gasteiger charge is 2.08. The van der Waals surface area contributed by atoms with Crippen LogP contribution in [0.5, 0.6) is 0 Å². The monoisotopic (exact) mass is 213 g/mol. The molecule has 1 atom stereocenters. The van der Waals surface area contributed by atoms with Crippen LogP contribution in [-0.2, 0) is 0 Å². The Labute approximate surface area is 89.3 Å². The summed E-state index contributed by atoms with van der Waals surface area (Å²) >= 11 is 0. The van der Waals surface area contributed by atoms with Crippen molar-refractivity contribution in [1.82, 2.24) is 0 Å². The Hall–Kier alpha value is -0.960. The maximum Gasteiger partial charge on any atom is 0.263 e. The van der Waals surface area contributed by atoms with E-state index in [1.54, 1.807) is 12.1 Å². The number of benzene rings is 1. The third kappa shape index (κ3) is 3.59. The quantitative estimate of drug-likeness (QED) is 0.790. The lowest BCUT2D eigenvalue weighted by Crippen LogP contribution is -2.09. The van der Waals surface area contributed by atoms with Crippen molar-refractivity contribution in [2.24, 2.45) is 5.73 Å². The second kappa shape index (κ2) is 5.81. The fraction of sp³-hybridized carbons (Fsp3) is 0.500. The van der Waals surface area contributed by atoms with E-state index >= 15 is 0 Å². The predicted molar refractivity (Wildman–Crippen MR) is 57.9 cm³/mol. The molecule has 0 saturated carbocycles. The van der Waals surface area contributed by atoms with Crippen molar-refractivity contribution in [2.45, 2.75) is 38.7 Å². The number of alkyl halides is 2. The summed E-state index contributed by atoms with van der Waals surface area (Å²) in [5.41, 5.74) is 6.91. The Morgan fingerprint density at radius 1 is 1.13 bits per heavy atom. The van der Waals surface area contributed by atoms with Gasteiger partial charge in [-0.25, -0.2) is 8.78 Å². The van der Waals surface area contributed by atoms with Crippen LogP contribution in [0.4, 0.5) is 8.78 Å². The van der Waals surface area contributed by atoms with Gasteiger partial charge in [-0.2, -0.15) is 0 Å². The van der Waals surface area contributed by atoms with E-state index in [1.165, 1.54) is 12.1 Å². The molecule has 0 saturated heterocycles. The Kier molecular flexibility index (Phi) is 4.69. The number of hydrogen-bond acceptors (Lipinski definition) is 1. The molecule has 0 aliphatic carbocycles. The molecule has 1 aromatic carbocycles. The lowest BCUT2D eigenvalue weighted by molar-refractivity contribution is 0.151. The van der Waals surface area contributed by atoms with Crippen LogP contribution < -0.4 is 5.73 Å². The van der Waals surface area contributed by atoms with Crippen LogP contribution in [0.2, 0.25) is 0 Å². The van der Waals surface area contributed by atoms with Crippen molar-refractivity contribution in [3.8, 4) is 0 Å². The van der Waals surface area contributed by atoms with Gasteiger partial charge in [-0.1, -0.05) is 44.0 Å². The Morgan fingerprint density at radius 2 is 1.67 bits per heavy atom. The van der Waals surface area contributed by atoms with E-state index in [2.05, 4.69) is 6.92 Å². The maximum absolute atomic E-state index is 12.3. The summed E-state index contributed by atoms with van der Waals surface area (Å²) in [5, 5.41) is 0. The molecule has 0 bridgehead atoms. The summed E-state index contributed by atoms with van der Waals surface area (Å²) in [6.07, 6.45) is 0.677. The second-order valence-electron chi connectivity index (χ2n) is 3.72. The highest BCUT2D eigenvalue weighted by molar-refractivity contribution is 5.25. The zero-order valence-corrected chi connectivity index (χ0v) is 8.92. The molecule has 84 valence electrons. The lowest BCUT2D eigenvalue weighted by atomic mass is 10.0. The van der Waals surface area contributed by atoms with E-state index in [0.29, 0.717) is 0 Å². The summed E-state index contributed by atoms with van der Waals surface area (Å²) < 4.78 is 24.5. The Morgan fingerprint density at radius 3 is 2.13 bits per heavy atom. The lowest BCUT2D eigenvalue weighted by Gasteiger charge is -2.11. The SMILES string of the molecule is CCCCC(N)c1ccc(C(F)F)cc1. The number of rotatable bonds is 5. The topological polar surface area (TPSA) is 26.0 Å². The molecule has 0 fully saturated rings. The first-order chi connectivity index (χ1) is 7.15. The van der Waals surface area contributed by atoms with Gasteiger partial charge in [-0.3, -0.25) is 0 Å². The molecule has 0 aliphatic heterocycles. The third-order valence-corrected chi connectivity index (χ3v) is 2.49. The molecule has 0 amide bonds. The average molecular weight is 213 g/mol. The van der Waals surface area contributed by atoms with Crippen molar-refractivity contribution in [3.05, 3.63) is 35.4 Å². The Bertz CT molecular complexity index is 282. The molecule has 1 rings (SSSR count). The zero-order chi connectivity index (χ0) is 11.3. The summed E-state index contributed by atoms with van der Waals surface area (Å²) in [6, 6.07) is 6.26. The van der Waals surface area contributed by atoms with Crippen LogP contribution in [0.25, 0.3) is 0 Å². The first-order valence-electron chi connectivity index (χ1n) is 5.28. The summed E-state index contributed by atoms with van der Waals surface area (Å²) in [4.78, 5) is 0. The molecular formula is C12H17F2N. The molecule has 15 heavy (non-hydrogen) atoms. The van der Waals surface area contributed by atoms with Crippen LogP contribution in [0.3, 0.4) is 0 Å². The van der Waals surface area contributed by atoms with Crippen LogP contribution >= 0.6 is 0 Å². The van der Waals surface area contributed by atoms with Gasteiger partial charge in [0.05, 0.1) is 0 Å². The molecule has 0 spiro atoms. The fourth-order valence-electron chi connectivity index (χ4n) is 1.48. The molecule has 1 nitrogen and oxygen atoms in total. The third-order valence-electron chi connectivity index (χ3n) is 2.49. The van der Waals surface area contributed by atoms with Crippen LogP contribution in [-0.4, -0.2) is 0 Å². The number of unbranched alkanes of at least 4 members (excludes halogenated alkanes) is 1. The number of nitrogens with two attached hydrogens (primary N) is 1. The molecule has 1 aromatic rings. The van der Waals surface area contributed by atoms with Crippen molar-refractivity contribution in [1.29, 1.82) is 0 Å². The maximum atomic E-state index is 12.3. The highest BCUT2D eigenvalue weighted by Crippen LogP contribution is 2.22. The zero-order valence-electron chi connectivity index (χ0n) is 8.92. The largest absolute Gasteiger partial charge is 0.324 e. The summed E-state index contributed by atoms with van der Waals surface area (Å²) in [7, 11) is 0. The van der Waals surface area contributed by atoms with Gasteiger partial charge in [-0.05, 0) is 12.0 Å². The van der Waals surface area contributed by atoms with Gasteiger partial charge >= 0.3 is 0 Å². The molecule has 0 aliphatic rings. The molecule has 0 heterocycles. The average Bonchev–Trinajstić information content (AvgIpc) is 2.26. The fourth-order valence-corrected chi connectivity index (χ4v) is 1.48. The van der Waals surface area contributed by atoms with E-state index in [0.717, 1.165) is 24.8 Å². The minimum absolute atomic E-state index is 0.0309. The van der Waals surface area contributed by atoms with E-state index in [4.69, 9.17) is 5.73 Å². The van der Waals surface area contributed by atoms with Crippen molar-refractivity contribution < 1.29 is 8.78 Å². The second-order valence-corrected chi connectivity index (χ2v) is 3.72. The summed E-state index contributed by atoms with van der Waals surface area (Å²) in [5.74, 6) is 0. The smallest absolute Gasteiger partial charge is 0.263 e. The normalized spacial score (nSPS) is 13.1. The standard InChI is InChI=1S/C12H17F2N/c1-2-3-4-11(15)9-5-7-10(8-6-9)12(13)14/h5-8,11-12H,2-4,15H2,1H3. The molecule has 2 N–H and O–H groups in total. The highest BCUT2D eigenvalue weighted by atomic mass is 19.3. The summed E-state index contributed by atoms with van der Waals surface area (Å²) in [6.45, 7) is 2.10. The van der Waals surface area contributed by atoms with E-state index in [-0.39, 0.29) is 11.6 Å². The van der Waals surface area contributed by atoms with Gasteiger partial charge in [0.15, 0.2) is 0 Å². The van der Waals surface area contributed by atoms with E-state index in [1.807, 2.05) is 0 Å². The van der Waals surface area contributed by atoms with Gasteiger partial charge in [0, 0.05) is 11.6 Å². The minimum Gasteiger partial charge on any atom is -0.324 e. The number of halogens is 2. The first kappa shape index (κ1) is 12.1. The van der Waals surface area contributed by atoms with Crippen molar-refractivity contribution in [3.63, 3.8) is 0 Å². The molecule has 0 radical (unpaired) electrons.